The van der Waals surface area contributed by atoms with Gasteiger partial charge in [0.15, 0.2) is 0 Å². The van der Waals surface area contributed by atoms with Crippen LogP contribution in [-0.2, 0) is 25.6 Å². The normalized spacial score (nSPS) is 18.9. The molecular weight excluding hydrogens is 428 g/mol. The number of hydrogen-bond donors (Lipinski definition) is 3. The number of carbonyl (C=O) groups is 4. The number of nitrogens with zero attached hydrogens (tertiary/aromatic N) is 1. The minimum atomic E-state index is -0.722. The molecule has 2 aliphatic rings. The standard InChI is InChI=1S/C23H26N4O4S/c28-19-9-8-17(22(31)25-19)24-20(29)13-16-12-18(15-6-2-1-3-7-15)32-23(16)26-21(30)14-27-10-4-5-11-27/h1-3,6-7,12,17H,4-5,8-11,13-14H2,(H,24,29)(H,26,30)(H,25,28,31). The highest BCUT2D eigenvalue weighted by atomic mass is 32.1. The van der Waals surface area contributed by atoms with Crippen LogP contribution in [0, 0.1) is 0 Å². The molecule has 8 nitrogen and oxygen atoms in total. The van der Waals surface area contributed by atoms with Gasteiger partial charge in [0.05, 0.1) is 18.0 Å². The highest BCUT2D eigenvalue weighted by molar-refractivity contribution is 7.19. The van der Waals surface area contributed by atoms with Crippen LogP contribution in [0.25, 0.3) is 10.4 Å². The van der Waals surface area contributed by atoms with E-state index in [9.17, 15) is 19.2 Å². The average molecular weight is 455 g/mol. The molecule has 0 aliphatic carbocycles. The van der Waals surface area contributed by atoms with Crippen LogP contribution in [0.4, 0.5) is 5.00 Å². The second-order valence-corrected chi connectivity index (χ2v) is 9.16. The van der Waals surface area contributed by atoms with E-state index in [4.69, 9.17) is 0 Å². The summed E-state index contributed by atoms with van der Waals surface area (Å²) >= 11 is 1.43. The van der Waals surface area contributed by atoms with Crippen molar-refractivity contribution in [2.24, 2.45) is 0 Å². The molecule has 0 bridgehead atoms. The van der Waals surface area contributed by atoms with Crippen molar-refractivity contribution < 1.29 is 19.2 Å². The van der Waals surface area contributed by atoms with Gasteiger partial charge in [0.2, 0.25) is 23.6 Å². The number of nitrogens with one attached hydrogen (secondary N) is 3. The molecule has 4 rings (SSSR count). The fourth-order valence-electron chi connectivity index (χ4n) is 3.97. The molecule has 9 heteroatoms. The van der Waals surface area contributed by atoms with E-state index in [2.05, 4.69) is 20.9 Å². The van der Waals surface area contributed by atoms with Gasteiger partial charge >= 0.3 is 0 Å². The monoisotopic (exact) mass is 454 g/mol. The van der Waals surface area contributed by atoms with Crippen LogP contribution in [0.5, 0.6) is 0 Å². The van der Waals surface area contributed by atoms with Crippen molar-refractivity contribution in [1.29, 1.82) is 0 Å². The molecule has 0 saturated carbocycles. The van der Waals surface area contributed by atoms with Gasteiger partial charge in [-0.1, -0.05) is 30.3 Å². The first-order valence-corrected chi connectivity index (χ1v) is 11.6. The first kappa shape index (κ1) is 22.2. The summed E-state index contributed by atoms with van der Waals surface area (Å²) < 4.78 is 0. The van der Waals surface area contributed by atoms with Crippen molar-refractivity contribution in [3.63, 3.8) is 0 Å². The van der Waals surface area contributed by atoms with Crippen molar-refractivity contribution in [3.8, 4) is 10.4 Å². The maximum Gasteiger partial charge on any atom is 0.249 e. The summed E-state index contributed by atoms with van der Waals surface area (Å²) in [5.74, 6) is -1.23. The predicted octanol–water partition coefficient (Wildman–Crippen LogP) is 1.91. The minimum Gasteiger partial charge on any atom is -0.344 e. The molecule has 1 atom stereocenters. The van der Waals surface area contributed by atoms with E-state index in [1.807, 2.05) is 36.4 Å². The molecule has 0 spiro atoms. The van der Waals surface area contributed by atoms with Gasteiger partial charge in [-0.3, -0.25) is 29.4 Å². The molecule has 2 aliphatic heterocycles. The fourth-order valence-corrected chi connectivity index (χ4v) is 5.07. The van der Waals surface area contributed by atoms with Crippen LogP contribution in [0.15, 0.2) is 36.4 Å². The number of thiophene rings is 1. The van der Waals surface area contributed by atoms with Gasteiger partial charge in [0.25, 0.3) is 0 Å². The van der Waals surface area contributed by atoms with Gasteiger partial charge in [-0.05, 0) is 49.5 Å². The first-order chi connectivity index (χ1) is 15.5. The molecule has 2 aromatic rings. The largest absolute Gasteiger partial charge is 0.344 e. The molecule has 3 heterocycles. The van der Waals surface area contributed by atoms with Gasteiger partial charge in [-0.25, -0.2) is 0 Å². The lowest BCUT2D eigenvalue weighted by molar-refractivity contribution is -0.137. The number of carbonyl (C=O) groups excluding carboxylic acids is 4. The summed E-state index contributed by atoms with van der Waals surface area (Å²) in [6.07, 6.45) is 2.73. The minimum absolute atomic E-state index is 0.0282. The Morgan fingerprint density at radius 3 is 2.56 bits per heavy atom. The number of anilines is 1. The molecule has 2 saturated heterocycles. The molecule has 0 radical (unpaired) electrons. The quantitative estimate of drug-likeness (QED) is 0.554. The molecule has 168 valence electrons. The van der Waals surface area contributed by atoms with Crippen LogP contribution in [0.3, 0.4) is 0 Å². The topological polar surface area (TPSA) is 108 Å². The molecule has 1 aromatic heterocycles. The van der Waals surface area contributed by atoms with Crippen molar-refractivity contribution >= 4 is 40.0 Å². The third-order valence-corrected chi connectivity index (χ3v) is 6.75. The Kier molecular flexibility index (Phi) is 6.96. The van der Waals surface area contributed by atoms with Gasteiger partial charge in [-0.15, -0.1) is 11.3 Å². The number of piperidine rings is 1. The van der Waals surface area contributed by atoms with Crippen LogP contribution >= 0.6 is 11.3 Å². The van der Waals surface area contributed by atoms with Gasteiger partial charge in [-0.2, -0.15) is 0 Å². The van der Waals surface area contributed by atoms with Crippen molar-refractivity contribution in [3.05, 3.63) is 42.0 Å². The summed E-state index contributed by atoms with van der Waals surface area (Å²) in [7, 11) is 0. The number of imide groups is 1. The Morgan fingerprint density at radius 2 is 1.84 bits per heavy atom. The third kappa shape index (κ3) is 5.60. The van der Waals surface area contributed by atoms with E-state index in [-0.39, 0.29) is 37.0 Å². The second kappa shape index (κ2) is 10.1. The Bertz CT molecular complexity index is 1010. The number of hydrogen-bond acceptors (Lipinski definition) is 6. The smallest absolute Gasteiger partial charge is 0.249 e. The Morgan fingerprint density at radius 1 is 1.09 bits per heavy atom. The number of rotatable bonds is 7. The van der Waals surface area contributed by atoms with Gasteiger partial charge in [0, 0.05) is 11.3 Å². The lowest BCUT2D eigenvalue weighted by atomic mass is 10.1. The van der Waals surface area contributed by atoms with E-state index in [1.165, 1.54) is 11.3 Å². The summed E-state index contributed by atoms with van der Waals surface area (Å²) in [4.78, 5) is 51.6. The van der Waals surface area contributed by atoms with Gasteiger partial charge in [0.1, 0.15) is 6.04 Å². The van der Waals surface area contributed by atoms with E-state index in [1.54, 1.807) is 0 Å². The molecule has 4 amide bonds. The lowest BCUT2D eigenvalue weighted by Crippen LogP contribution is -2.52. The average Bonchev–Trinajstić information content (AvgIpc) is 3.41. The SMILES string of the molecule is O=C1CCC(NC(=O)Cc2cc(-c3ccccc3)sc2NC(=O)CN2CCCC2)C(=O)N1. The highest BCUT2D eigenvalue weighted by Crippen LogP contribution is 2.36. The summed E-state index contributed by atoms with van der Waals surface area (Å²) in [6, 6.07) is 11.0. The van der Waals surface area contributed by atoms with E-state index in [0.29, 0.717) is 17.1 Å². The lowest BCUT2D eigenvalue weighted by Gasteiger charge is -2.21. The number of benzene rings is 1. The zero-order valence-electron chi connectivity index (χ0n) is 17.7. The molecule has 3 N–H and O–H groups in total. The molecule has 32 heavy (non-hydrogen) atoms. The van der Waals surface area contributed by atoms with Gasteiger partial charge < -0.3 is 10.6 Å². The van der Waals surface area contributed by atoms with Crippen LogP contribution < -0.4 is 16.0 Å². The molecular formula is C23H26N4O4S. The zero-order chi connectivity index (χ0) is 22.5. The van der Waals surface area contributed by atoms with Crippen LogP contribution in [0.1, 0.15) is 31.2 Å². The Labute approximate surface area is 190 Å². The Balaban J connectivity index is 1.47. The van der Waals surface area contributed by atoms with E-state index < -0.39 is 11.9 Å². The highest BCUT2D eigenvalue weighted by Gasteiger charge is 2.28. The maximum atomic E-state index is 12.7. The third-order valence-electron chi connectivity index (χ3n) is 5.61. The molecule has 1 unspecified atom stereocenters. The molecule has 1 aromatic carbocycles. The second-order valence-electron chi connectivity index (χ2n) is 8.11. The summed E-state index contributed by atoms with van der Waals surface area (Å²) in [6.45, 7) is 2.18. The van der Waals surface area contributed by atoms with Crippen LogP contribution in [0.2, 0.25) is 0 Å². The number of likely N-dealkylation sites (tertiary alicyclic amines) is 1. The number of amides is 4. The fraction of sp³-hybridized carbons (Fsp3) is 0.391. The van der Waals surface area contributed by atoms with Crippen molar-refractivity contribution in [2.45, 2.75) is 38.1 Å². The first-order valence-electron chi connectivity index (χ1n) is 10.8. The van der Waals surface area contributed by atoms with Crippen molar-refractivity contribution in [1.82, 2.24) is 15.5 Å². The maximum absolute atomic E-state index is 12.7. The summed E-state index contributed by atoms with van der Waals surface area (Å²) in [5.41, 5.74) is 1.71. The van der Waals surface area contributed by atoms with Crippen molar-refractivity contribution in [2.75, 3.05) is 25.0 Å². The molecule has 2 fully saturated rings. The van der Waals surface area contributed by atoms with E-state index in [0.717, 1.165) is 36.4 Å². The zero-order valence-corrected chi connectivity index (χ0v) is 18.5. The van der Waals surface area contributed by atoms with E-state index >= 15 is 0 Å². The Hall–Kier alpha value is -3.04. The summed E-state index contributed by atoms with van der Waals surface area (Å²) in [5, 5.41) is 8.58. The van der Waals surface area contributed by atoms with Crippen LogP contribution in [-0.4, -0.2) is 54.2 Å². The predicted molar refractivity (Wildman–Crippen MR) is 122 cm³/mol.